The van der Waals surface area contributed by atoms with Crippen molar-refractivity contribution in [1.82, 2.24) is 19.2 Å². The van der Waals surface area contributed by atoms with E-state index < -0.39 is 5.97 Å². The fourth-order valence-electron chi connectivity index (χ4n) is 4.16. The molecule has 2 heterocycles. The van der Waals surface area contributed by atoms with Crippen LogP contribution < -0.4 is 5.56 Å². The van der Waals surface area contributed by atoms with Gasteiger partial charge in [0, 0.05) is 16.7 Å². The summed E-state index contributed by atoms with van der Waals surface area (Å²) in [6.45, 7) is 9.91. The van der Waals surface area contributed by atoms with Crippen molar-refractivity contribution in [3.63, 3.8) is 0 Å². The summed E-state index contributed by atoms with van der Waals surface area (Å²) in [5.74, 6) is 0.514. The molecule has 0 N–H and O–H groups in total. The lowest BCUT2D eigenvalue weighted by Crippen LogP contribution is -2.38. The summed E-state index contributed by atoms with van der Waals surface area (Å²) < 4.78 is 8.10. The van der Waals surface area contributed by atoms with Crippen LogP contribution in [0.1, 0.15) is 38.3 Å². The first-order chi connectivity index (χ1) is 14.9. The lowest BCUT2D eigenvalue weighted by molar-refractivity contribution is -0.143. The van der Waals surface area contributed by atoms with Gasteiger partial charge in [-0.25, -0.2) is 14.1 Å². The van der Waals surface area contributed by atoms with Crippen LogP contribution in [0.15, 0.2) is 46.9 Å². The summed E-state index contributed by atoms with van der Waals surface area (Å²) in [6, 6.07) is 8.07. The smallest absolute Gasteiger partial charge is 0.327 e. The van der Waals surface area contributed by atoms with Gasteiger partial charge in [0.25, 0.3) is 5.56 Å². The SMILES string of the molecule is C=CCSc1nn(CC(=O)OCC)c2nc3c(c(=O)n12)C(C)(CC)Cc1ccccc1-3. The molecule has 4 rings (SSSR count). The summed E-state index contributed by atoms with van der Waals surface area (Å²) in [7, 11) is 0. The highest BCUT2D eigenvalue weighted by molar-refractivity contribution is 7.99. The molecule has 7 nitrogen and oxygen atoms in total. The van der Waals surface area contributed by atoms with Crippen molar-refractivity contribution in [3.05, 3.63) is 58.4 Å². The Morgan fingerprint density at radius 2 is 2.13 bits per heavy atom. The molecule has 0 fully saturated rings. The molecular formula is C23H26N4O3S. The van der Waals surface area contributed by atoms with Crippen molar-refractivity contribution < 1.29 is 9.53 Å². The Morgan fingerprint density at radius 3 is 2.84 bits per heavy atom. The van der Waals surface area contributed by atoms with E-state index in [1.807, 2.05) is 18.2 Å². The van der Waals surface area contributed by atoms with Crippen LogP contribution in [0, 0.1) is 0 Å². The van der Waals surface area contributed by atoms with Crippen molar-refractivity contribution >= 4 is 23.5 Å². The normalized spacial score (nSPS) is 17.3. The van der Waals surface area contributed by atoms with Crippen LogP contribution in [0.3, 0.4) is 0 Å². The van der Waals surface area contributed by atoms with Gasteiger partial charge in [0.05, 0.1) is 17.9 Å². The van der Waals surface area contributed by atoms with Crippen molar-refractivity contribution in [2.75, 3.05) is 12.4 Å². The fraction of sp³-hybridized carbons (Fsp3) is 0.391. The number of carbonyl (C=O) groups excluding carboxylic acids is 1. The van der Waals surface area contributed by atoms with Gasteiger partial charge in [-0.15, -0.1) is 11.7 Å². The van der Waals surface area contributed by atoms with Crippen LogP contribution in [0.25, 0.3) is 17.0 Å². The van der Waals surface area contributed by atoms with E-state index in [2.05, 4.69) is 31.6 Å². The molecule has 0 aliphatic heterocycles. The topological polar surface area (TPSA) is 78.5 Å². The van der Waals surface area contributed by atoms with Gasteiger partial charge in [-0.05, 0) is 25.3 Å². The minimum Gasteiger partial charge on any atom is -0.465 e. The number of hydrogen-bond donors (Lipinski definition) is 0. The number of hydrogen-bond acceptors (Lipinski definition) is 6. The maximum atomic E-state index is 13.9. The Labute approximate surface area is 185 Å². The Morgan fingerprint density at radius 1 is 1.35 bits per heavy atom. The van der Waals surface area contributed by atoms with E-state index in [1.165, 1.54) is 26.4 Å². The zero-order chi connectivity index (χ0) is 22.2. The largest absolute Gasteiger partial charge is 0.465 e. The number of benzene rings is 1. The molecule has 162 valence electrons. The van der Waals surface area contributed by atoms with Crippen LogP contribution in [0.2, 0.25) is 0 Å². The molecule has 1 aromatic carbocycles. The van der Waals surface area contributed by atoms with Gasteiger partial charge in [-0.3, -0.25) is 9.59 Å². The van der Waals surface area contributed by atoms with Crippen molar-refractivity contribution in [2.45, 2.75) is 50.7 Å². The second-order valence-electron chi connectivity index (χ2n) is 7.87. The highest BCUT2D eigenvalue weighted by atomic mass is 32.2. The molecule has 0 spiro atoms. The van der Waals surface area contributed by atoms with E-state index in [-0.39, 0.29) is 24.1 Å². The maximum Gasteiger partial charge on any atom is 0.327 e. The molecule has 3 aromatic rings. The number of thioether (sulfide) groups is 1. The average molecular weight is 439 g/mol. The third kappa shape index (κ3) is 3.59. The third-order valence-electron chi connectivity index (χ3n) is 5.85. The van der Waals surface area contributed by atoms with E-state index in [9.17, 15) is 9.59 Å². The molecule has 1 unspecified atom stereocenters. The summed E-state index contributed by atoms with van der Waals surface area (Å²) in [6.07, 6.45) is 3.34. The first-order valence-electron chi connectivity index (χ1n) is 10.4. The zero-order valence-electron chi connectivity index (χ0n) is 18.1. The Hall–Kier alpha value is -2.87. The summed E-state index contributed by atoms with van der Waals surface area (Å²) in [4.78, 5) is 31.0. The second-order valence-corrected chi connectivity index (χ2v) is 8.86. The van der Waals surface area contributed by atoms with Gasteiger partial charge in [-0.2, -0.15) is 0 Å². The lowest BCUT2D eigenvalue weighted by atomic mass is 9.69. The summed E-state index contributed by atoms with van der Waals surface area (Å²) >= 11 is 1.39. The number of aromatic nitrogens is 4. The van der Waals surface area contributed by atoms with E-state index in [0.717, 1.165) is 18.4 Å². The molecule has 0 saturated heterocycles. The minimum absolute atomic E-state index is 0.107. The van der Waals surface area contributed by atoms with Gasteiger partial charge >= 0.3 is 5.97 Å². The minimum atomic E-state index is -0.418. The van der Waals surface area contributed by atoms with E-state index in [1.54, 1.807) is 13.0 Å². The second kappa shape index (κ2) is 8.34. The predicted molar refractivity (Wildman–Crippen MR) is 122 cm³/mol. The first kappa shape index (κ1) is 21.4. The van der Waals surface area contributed by atoms with Gasteiger partial charge in [0.15, 0.2) is 5.16 Å². The van der Waals surface area contributed by atoms with Gasteiger partial charge < -0.3 is 4.74 Å². The van der Waals surface area contributed by atoms with Crippen LogP contribution >= 0.6 is 11.8 Å². The molecule has 0 saturated carbocycles. The highest BCUT2D eigenvalue weighted by Gasteiger charge is 2.38. The summed E-state index contributed by atoms with van der Waals surface area (Å²) in [5, 5.41) is 5.04. The molecule has 0 radical (unpaired) electrons. The lowest BCUT2D eigenvalue weighted by Gasteiger charge is -2.35. The van der Waals surface area contributed by atoms with Crippen LogP contribution in [0.4, 0.5) is 0 Å². The molecule has 0 bridgehead atoms. The number of nitrogens with zero attached hydrogens (tertiary/aromatic N) is 4. The Balaban J connectivity index is 2.03. The fourth-order valence-corrected chi connectivity index (χ4v) is 4.88. The molecule has 1 aliphatic rings. The van der Waals surface area contributed by atoms with Crippen LogP contribution in [-0.2, 0) is 27.9 Å². The molecule has 1 atom stereocenters. The number of rotatable bonds is 7. The summed E-state index contributed by atoms with van der Waals surface area (Å²) in [5.41, 5.74) is 3.07. The molecule has 31 heavy (non-hydrogen) atoms. The molecule has 0 amide bonds. The third-order valence-corrected chi connectivity index (χ3v) is 6.77. The van der Waals surface area contributed by atoms with Gasteiger partial charge in [-0.1, -0.05) is 56.0 Å². The van der Waals surface area contributed by atoms with Gasteiger partial charge in [0.2, 0.25) is 5.78 Å². The number of fused-ring (bicyclic) bond motifs is 4. The van der Waals surface area contributed by atoms with Crippen LogP contribution in [0.5, 0.6) is 0 Å². The van der Waals surface area contributed by atoms with E-state index >= 15 is 0 Å². The maximum absolute atomic E-state index is 13.9. The van der Waals surface area contributed by atoms with E-state index in [4.69, 9.17) is 9.72 Å². The zero-order valence-corrected chi connectivity index (χ0v) is 18.9. The number of carbonyl (C=O) groups is 1. The number of esters is 1. The molecule has 1 aliphatic carbocycles. The monoisotopic (exact) mass is 438 g/mol. The Bertz CT molecular complexity index is 1230. The quantitative estimate of drug-likeness (QED) is 0.318. The molecular weight excluding hydrogens is 412 g/mol. The van der Waals surface area contributed by atoms with Crippen LogP contribution in [-0.4, -0.2) is 37.5 Å². The van der Waals surface area contributed by atoms with Crippen molar-refractivity contribution in [3.8, 4) is 11.3 Å². The molecule has 2 aromatic heterocycles. The standard InChI is InChI=1S/C23H26N4O3S/c1-5-12-31-22-25-26(14-17(28)30-7-3)21-24-19-16-11-9-8-10-15(16)13-23(4,6-2)18(19)20(29)27(21)22/h5,8-11H,1,6-7,12-14H2,2-4H3. The van der Waals surface area contributed by atoms with Crippen molar-refractivity contribution in [2.24, 2.45) is 0 Å². The highest BCUT2D eigenvalue weighted by Crippen LogP contribution is 2.42. The van der Waals surface area contributed by atoms with Crippen molar-refractivity contribution in [1.29, 1.82) is 0 Å². The van der Waals surface area contributed by atoms with Gasteiger partial charge in [0.1, 0.15) is 6.54 Å². The average Bonchev–Trinajstić information content (AvgIpc) is 3.09. The first-order valence-corrected chi connectivity index (χ1v) is 11.4. The predicted octanol–water partition coefficient (Wildman–Crippen LogP) is 3.62. The number of ether oxygens (including phenoxy) is 1. The molecule has 8 heteroatoms. The van der Waals surface area contributed by atoms with E-state index in [0.29, 0.717) is 27.9 Å². The Kier molecular flexibility index (Phi) is 5.75.